The molecule has 4 nitrogen and oxygen atoms in total. The Bertz CT molecular complexity index is 164. The summed E-state index contributed by atoms with van der Waals surface area (Å²) in [5.74, 6) is 0.124. The van der Waals surface area contributed by atoms with Crippen molar-refractivity contribution in [2.24, 2.45) is 0 Å². The van der Waals surface area contributed by atoms with Crippen LogP contribution in [-0.2, 0) is 4.79 Å². The van der Waals surface area contributed by atoms with Crippen LogP contribution in [0.1, 0.15) is 12.8 Å². The van der Waals surface area contributed by atoms with Gasteiger partial charge in [0.05, 0.1) is 6.54 Å². The molecule has 1 aliphatic heterocycles. The minimum absolute atomic E-state index is 0.124. The fraction of sp³-hybridized carbons (Fsp3) is 0.889. The lowest BCUT2D eigenvalue weighted by molar-refractivity contribution is -0.122. The minimum Gasteiger partial charge on any atom is -0.351 e. The molecule has 0 aromatic rings. The van der Waals surface area contributed by atoms with Gasteiger partial charge in [0, 0.05) is 12.6 Å². The third-order valence-corrected chi connectivity index (χ3v) is 2.12. The SMILES string of the molecule is CN(C)CC(=O)N[C@H]1CCCNC1. The van der Waals surface area contributed by atoms with Gasteiger partial charge in [-0.05, 0) is 33.5 Å². The summed E-state index contributed by atoms with van der Waals surface area (Å²) in [5.41, 5.74) is 0. The first kappa shape index (κ1) is 10.5. The Morgan fingerprint density at radius 2 is 2.38 bits per heavy atom. The molecular weight excluding hydrogens is 166 g/mol. The monoisotopic (exact) mass is 185 g/mol. The molecule has 0 radical (unpaired) electrons. The van der Waals surface area contributed by atoms with Crippen molar-refractivity contribution < 1.29 is 4.79 Å². The van der Waals surface area contributed by atoms with Gasteiger partial charge in [-0.2, -0.15) is 0 Å². The van der Waals surface area contributed by atoms with Crippen LogP contribution in [0.5, 0.6) is 0 Å². The van der Waals surface area contributed by atoms with Gasteiger partial charge in [-0.15, -0.1) is 0 Å². The van der Waals surface area contributed by atoms with Crippen molar-refractivity contribution in [3.05, 3.63) is 0 Å². The number of nitrogens with one attached hydrogen (secondary N) is 2. The van der Waals surface area contributed by atoms with Crippen LogP contribution >= 0.6 is 0 Å². The molecular formula is C9H19N3O. The van der Waals surface area contributed by atoms with Crippen LogP contribution in [0.2, 0.25) is 0 Å². The Kier molecular flexibility index (Phi) is 4.18. The van der Waals surface area contributed by atoms with E-state index in [4.69, 9.17) is 0 Å². The topological polar surface area (TPSA) is 44.4 Å². The molecule has 0 aliphatic carbocycles. The van der Waals surface area contributed by atoms with Gasteiger partial charge in [0.2, 0.25) is 5.91 Å². The van der Waals surface area contributed by atoms with Crippen LogP contribution in [0.25, 0.3) is 0 Å². The van der Waals surface area contributed by atoms with Crippen LogP contribution in [0.4, 0.5) is 0 Å². The Balaban J connectivity index is 2.18. The highest BCUT2D eigenvalue weighted by atomic mass is 16.2. The molecule has 4 heteroatoms. The highest BCUT2D eigenvalue weighted by Gasteiger charge is 2.14. The van der Waals surface area contributed by atoms with Gasteiger partial charge in [0.1, 0.15) is 0 Å². The summed E-state index contributed by atoms with van der Waals surface area (Å²) in [6.45, 7) is 2.48. The largest absolute Gasteiger partial charge is 0.351 e. The van der Waals surface area contributed by atoms with Gasteiger partial charge in [-0.3, -0.25) is 4.79 Å². The summed E-state index contributed by atoms with van der Waals surface area (Å²) in [7, 11) is 3.80. The third kappa shape index (κ3) is 4.24. The predicted molar refractivity (Wildman–Crippen MR) is 52.6 cm³/mol. The van der Waals surface area contributed by atoms with Crippen molar-refractivity contribution in [3.8, 4) is 0 Å². The van der Waals surface area contributed by atoms with Crippen molar-refractivity contribution in [1.82, 2.24) is 15.5 Å². The van der Waals surface area contributed by atoms with E-state index in [9.17, 15) is 4.79 Å². The molecule has 0 aromatic carbocycles. The molecule has 0 saturated carbocycles. The van der Waals surface area contributed by atoms with Crippen molar-refractivity contribution in [1.29, 1.82) is 0 Å². The number of nitrogens with zero attached hydrogens (tertiary/aromatic N) is 1. The van der Waals surface area contributed by atoms with Crippen molar-refractivity contribution >= 4 is 5.91 Å². The molecule has 1 atom stereocenters. The zero-order valence-electron chi connectivity index (χ0n) is 8.47. The first-order valence-corrected chi connectivity index (χ1v) is 4.83. The van der Waals surface area contributed by atoms with Crippen LogP contribution in [0.3, 0.4) is 0 Å². The second-order valence-electron chi connectivity index (χ2n) is 3.85. The second kappa shape index (κ2) is 5.19. The van der Waals surface area contributed by atoms with E-state index >= 15 is 0 Å². The van der Waals surface area contributed by atoms with Gasteiger partial charge in [-0.1, -0.05) is 0 Å². The lowest BCUT2D eigenvalue weighted by Crippen LogP contribution is -2.47. The van der Waals surface area contributed by atoms with E-state index in [0.29, 0.717) is 12.6 Å². The average molecular weight is 185 g/mol. The van der Waals surface area contributed by atoms with E-state index in [-0.39, 0.29) is 5.91 Å². The Morgan fingerprint density at radius 3 is 2.92 bits per heavy atom. The highest BCUT2D eigenvalue weighted by Crippen LogP contribution is 2.00. The predicted octanol–water partition coefficient (Wildman–Crippen LogP) is -0.584. The van der Waals surface area contributed by atoms with Gasteiger partial charge in [-0.25, -0.2) is 0 Å². The van der Waals surface area contributed by atoms with Gasteiger partial charge in [0.25, 0.3) is 0 Å². The number of hydrogen-bond acceptors (Lipinski definition) is 3. The van der Waals surface area contributed by atoms with Crippen LogP contribution in [0, 0.1) is 0 Å². The molecule has 1 amide bonds. The molecule has 1 heterocycles. The summed E-state index contributed by atoms with van der Waals surface area (Å²) in [6, 6.07) is 0.334. The second-order valence-corrected chi connectivity index (χ2v) is 3.85. The van der Waals surface area contributed by atoms with E-state index in [0.717, 1.165) is 25.9 Å². The first-order chi connectivity index (χ1) is 6.18. The number of amides is 1. The number of carbonyl (C=O) groups is 1. The summed E-state index contributed by atoms with van der Waals surface area (Å²) >= 11 is 0. The maximum Gasteiger partial charge on any atom is 0.234 e. The number of rotatable bonds is 3. The minimum atomic E-state index is 0.124. The van der Waals surface area contributed by atoms with Crippen molar-refractivity contribution in [2.45, 2.75) is 18.9 Å². The van der Waals surface area contributed by atoms with E-state index in [1.165, 1.54) is 0 Å². The van der Waals surface area contributed by atoms with Gasteiger partial charge < -0.3 is 15.5 Å². The zero-order chi connectivity index (χ0) is 9.68. The molecule has 0 bridgehead atoms. The molecule has 1 fully saturated rings. The Labute approximate surface area is 79.7 Å². The fourth-order valence-electron chi connectivity index (χ4n) is 1.54. The maximum absolute atomic E-state index is 11.3. The standard InChI is InChI=1S/C9H19N3O/c1-12(2)7-9(13)11-8-4-3-5-10-6-8/h8,10H,3-7H2,1-2H3,(H,11,13)/t8-/m0/s1. The lowest BCUT2D eigenvalue weighted by Gasteiger charge is -2.24. The van der Waals surface area contributed by atoms with E-state index in [1.54, 1.807) is 0 Å². The number of piperidine rings is 1. The van der Waals surface area contributed by atoms with E-state index in [1.807, 2.05) is 19.0 Å². The van der Waals surface area contributed by atoms with Crippen LogP contribution in [0.15, 0.2) is 0 Å². The Morgan fingerprint density at radius 1 is 1.62 bits per heavy atom. The molecule has 13 heavy (non-hydrogen) atoms. The lowest BCUT2D eigenvalue weighted by atomic mass is 10.1. The summed E-state index contributed by atoms with van der Waals surface area (Å²) in [4.78, 5) is 13.2. The summed E-state index contributed by atoms with van der Waals surface area (Å²) in [6.07, 6.45) is 2.26. The molecule has 76 valence electrons. The third-order valence-electron chi connectivity index (χ3n) is 2.12. The molecule has 0 unspecified atom stereocenters. The fourth-order valence-corrected chi connectivity index (χ4v) is 1.54. The van der Waals surface area contributed by atoms with Crippen molar-refractivity contribution in [3.63, 3.8) is 0 Å². The van der Waals surface area contributed by atoms with Crippen molar-refractivity contribution in [2.75, 3.05) is 33.7 Å². The quantitative estimate of drug-likeness (QED) is 0.618. The summed E-state index contributed by atoms with van der Waals surface area (Å²) in [5, 5.41) is 6.27. The number of carbonyl (C=O) groups excluding carboxylic acids is 1. The Hall–Kier alpha value is -0.610. The molecule has 2 N–H and O–H groups in total. The molecule has 1 aliphatic rings. The normalized spacial score (nSPS) is 23.2. The maximum atomic E-state index is 11.3. The molecule has 1 rings (SSSR count). The number of hydrogen-bond donors (Lipinski definition) is 2. The smallest absolute Gasteiger partial charge is 0.234 e. The average Bonchev–Trinajstić information content (AvgIpc) is 2.04. The van der Waals surface area contributed by atoms with Crippen LogP contribution in [-0.4, -0.2) is 50.6 Å². The van der Waals surface area contributed by atoms with Gasteiger partial charge in [0.15, 0.2) is 0 Å². The summed E-state index contributed by atoms with van der Waals surface area (Å²) < 4.78 is 0. The molecule has 0 aromatic heterocycles. The van der Waals surface area contributed by atoms with Gasteiger partial charge >= 0.3 is 0 Å². The van der Waals surface area contributed by atoms with Crippen LogP contribution < -0.4 is 10.6 Å². The molecule has 0 spiro atoms. The zero-order valence-corrected chi connectivity index (χ0v) is 8.47. The number of likely N-dealkylation sites (N-methyl/N-ethyl adjacent to an activating group) is 1. The molecule has 1 saturated heterocycles. The van der Waals surface area contributed by atoms with E-state index < -0.39 is 0 Å². The van der Waals surface area contributed by atoms with E-state index in [2.05, 4.69) is 10.6 Å². The first-order valence-electron chi connectivity index (χ1n) is 4.83. The highest BCUT2D eigenvalue weighted by molar-refractivity contribution is 5.78.